The van der Waals surface area contributed by atoms with E-state index in [0.29, 0.717) is 15.9 Å². The highest BCUT2D eigenvalue weighted by atomic mass is 79.9. The summed E-state index contributed by atoms with van der Waals surface area (Å²) < 4.78 is 46.3. The maximum Gasteiger partial charge on any atom is 0.416 e. The smallest absolute Gasteiger partial charge is 0.416 e. The van der Waals surface area contributed by atoms with Crippen molar-refractivity contribution in [3.8, 4) is 5.69 Å². The predicted octanol–water partition coefficient (Wildman–Crippen LogP) is 5.31. The monoisotopic (exact) mass is 480 g/mol. The number of alkyl halides is 3. The molecule has 5 nitrogen and oxygen atoms in total. The molecule has 1 aromatic carbocycles. The molecule has 0 amide bonds. The molecule has 0 aliphatic heterocycles. The fourth-order valence-electron chi connectivity index (χ4n) is 3.08. The Bertz CT molecular complexity index is 1120. The van der Waals surface area contributed by atoms with Crippen LogP contribution in [0.25, 0.3) is 5.69 Å². The fourth-order valence-corrected chi connectivity index (χ4v) is 3.44. The van der Waals surface area contributed by atoms with Gasteiger partial charge in [-0.3, -0.25) is 9.78 Å². The molecule has 0 aliphatic rings. The average molecular weight is 481 g/mol. The van der Waals surface area contributed by atoms with Gasteiger partial charge >= 0.3 is 12.1 Å². The maximum atomic E-state index is 13.0. The van der Waals surface area contributed by atoms with E-state index in [1.165, 1.54) is 30.6 Å². The van der Waals surface area contributed by atoms with E-state index in [9.17, 15) is 22.8 Å². The minimum Gasteiger partial charge on any atom is -0.454 e. The number of halogens is 4. The summed E-state index contributed by atoms with van der Waals surface area (Å²) in [4.78, 5) is 28.6. The molecule has 0 unspecified atom stereocenters. The first-order chi connectivity index (χ1) is 14.1. The van der Waals surface area contributed by atoms with E-state index in [2.05, 4.69) is 20.9 Å². The van der Waals surface area contributed by atoms with Gasteiger partial charge in [-0.2, -0.15) is 13.2 Å². The van der Waals surface area contributed by atoms with E-state index < -0.39 is 30.1 Å². The van der Waals surface area contributed by atoms with E-state index in [1.54, 1.807) is 24.5 Å². The normalized spacial score (nSPS) is 11.4. The molecule has 0 bridgehead atoms. The summed E-state index contributed by atoms with van der Waals surface area (Å²) in [5.74, 6) is -1.17. The molecule has 2 aromatic heterocycles. The molecule has 156 valence electrons. The maximum absolute atomic E-state index is 13.0. The molecule has 9 heteroatoms. The Morgan fingerprint density at radius 2 is 1.87 bits per heavy atom. The second kappa shape index (κ2) is 8.43. The number of carbonyl (C=O) groups excluding carboxylic acids is 2. The SMILES string of the molecule is Cc1cc(C(=O)COC(=O)c2cncc(Br)c2)c(C)n1-c1cccc(C(F)(F)F)c1. The lowest BCUT2D eigenvalue weighted by molar-refractivity contribution is -0.137. The Morgan fingerprint density at radius 1 is 1.13 bits per heavy atom. The molecule has 0 N–H and O–H groups in total. The van der Waals surface area contributed by atoms with Crippen molar-refractivity contribution in [3.05, 3.63) is 81.3 Å². The number of ketones is 1. The number of hydrogen-bond acceptors (Lipinski definition) is 4. The summed E-state index contributed by atoms with van der Waals surface area (Å²) in [5, 5.41) is 0. The summed E-state index contributed by atoms with van der Waals surface area (Å²) in [7, 11) is 0. The molecular weight excluding hydrogens is 465 g/mol. The number of nitrogens with zero attached hydrogens (tertiary/aromatic N) is 2. The van der Waals surface area contributed by atoms with Gasteiger partial charge in [-0.25, -0.2) is 4.79 Å². The molecule has 0 aliphatic carbocycles. The van der Waals surface area contributed by atoms with Crippen molar-refractivity contribution >= 4 is 27.7 Å². The quantitative estimate of drug-likeness (QED) is 0.366. The number of benzene rings is 1. The zero-order valence-electron chi connectivity index (χ0n) is 16.0. The van der Waals surface area contributed by atoms with Gasteiger partial charge in [-0.1, -0.05) is 6.07 Å². The highest BCUT2D eigenvalue weighted by molar-refractivity contribution is 9.10. The first-order valence-electron chi connectivity index (χ1n) is 8.75. The first kappa shape index (κ1) is 21.8. The van der Waals surface area contributed by atoms with Crippen LogP contribution in [0.2, 0.25) is 0 Å². The number of Topliss-reactive ketones (excluding diaryl/α,β-unsaturated/α-hetero) is 1. The molecular formula is C21H16BrF3N2O3. The van der Waals surface area contributed by atoms with Crippen molar-refractivity contribution in [1.82, 2.24) is 9.55 Å². The minimum atomic E-state index is -4.47. The standard InChI is InChI=1S/C21H16BrF3N2O3/c1-12-6-18(19(28)11-30-20(29)14-7-16(22)10-26-9-14)13(2)27(12)17-5-3-4-15(8-17)21(23,24)25/h3-10H,11H2,1-2H3. The Hall–Kier alpha value is -2.94. The predicted molar refractivity (Wildman–Crippen MR) is 107 cm³/mol. The van der Waals surface area contributed by atoms with Gasteiger partial charge in [-0.15, -0.1) is 0 Å². The Kier molecular flexibility index (Phi) is 6.12. The van der Waals surface area contributed by atoms with Crippen LogP contribution in [-0.4, -0.2) is 27.9 Å². The van der Waals surface area contributed by atoms with Gasteiger partial charge in [0, 0.05) is 39.5 Å². The van der Waals surface area contributed by atoms with E-state index in [1.807, 2.05) is 0 Å². The van der Waals surface area contributed by atoms with Gasteiger partial charge in [0.15, 0.2) is 6.61 Å². The summed E-state index contributed by atoms with van der Waals surface area (Å²) in [6, 6.07) is 7.93. The number of rotatable bonds is 5. The van der Waals surface area contributed by atoms with Crippen molar-refractivity contribution in [3.63, 3.8) is 0 Å². The summed E-state index contributed by atoms with van der Waals surface area (Å²) >= 11 is 3.20. The summed E-state index contributed by atoms with van der Waals surface area (Å²) in [6.45, 7) is 2.81. The van der Waals surface area contributed by atoms with Crippen molar-refractivity contribution in [2.45, 2.75) is 20.0 Å². The van der Waals surface area contributed by atoms with Crippen LogP contribution in [0, 0.1) is 13.8 Å². The number of aromatic nitrogens is 2. The van der Waals surface area contributed by atoms with Crippen LogP contribution in [0.15, 0.2) is 53.3 Å². The zero-order chi connectivity index (χ0) is 22.1. The summed E-state index contributed by atoms with van der Waals surface area (Å²) in [5.41, 5.74) is 0.999. The van der Waals surface area contributed by atoms with Crippen LogP contribution in [0.3, 0.4) is 0 Å². The molecule has 0 saturated heterocycles. The lowest BCUT2D eigenvalue weighted by Gasteiger charge is -2.13. The highest BCUT2D eigenvalue weighted by Crippen LogP contribution is 2.31. The summed E-state index contributed by atoms with van der Waals surface area (Å²) in [6.07, 6.45) is -1.65. The molecule has 0 radical (unpaired) electrons. The lowest BCUT2D eigenvalue weighted by atomic mass is 10.1. The van der Waals surface area contributed by atoms with Crippen molar-refractivity contribution < 1.29 is 27.5 Å². The van der Waals surface area contributed by atoms with Crippen molar-refractivity contribution in [2.24, 2.45) is 0 Å². The number of ether oxygens (including phenoxy) is 1. The van der Waals surface area contributed by atoms with Gasteiger partial charge in [0.25, 0.3) is 0 Å². The third kappa shape index (κ3) is 4.62. The Labute approximate surface area is 178 Å². The second-order valence-electron chi connectivity index (χ2n) is 6.56. The van der Waals surface area contributed by atoms with Gasteiger partial charge in [0.05, 0.1) is 11.1 Å². The lowest BCUT2D eigenvalue weighted by Crippen LogP contribution is -2.15. The minimum absolute atomic E-state index is 0.187. The molecule has 0 fully saturated rings. The van der Waals surface area contributed by atoms with Crippen molar-refractivity contribution in [1.29, 1.82) is 0 Å². The van der Waals surface area contributed by atoms with Gasteiger partial charge in [0.1, 0.15) is 0 Å². The average Bonchev–Trinajstić information content (AvgIpc) is 2.99. The third-order valence-electron chi connectivity index (χ3n) is 4.44. The third-order valence-corrected chi connectivity index (χ3v) is 4.87. The van der Waals surface area contributed by atoms with Crippen LogP contribution < -0.4 is 0 Å². The van der Waals surface area contributed by atoms with Crippen LogP contribution >= 0.6 is 15.9 Å². The number of carbonyl (C=O) groups is 2. The molecule has 30 heavy (non-hydrogen) atoms. The van der Waals surface area contributed by atoms with Crippen molar-refractivity contribution in [2.75, 3.05) is 6.61 Å². The van der Waals surface area contributed by atoms with Crippen LogP contribution in [0.4, 0.5) is 13.2 Å². The first-order valence-corrected chi connectivity index (χ1v) is 9.54. The highest BCUT2D eigenvalue weighted by Gasteiger charge is 2.31. The van der Waals surface area contributed by atoms with Crippen LogP contribution in [-0.2, 0) is 10.9 Å². The molecule has 0 atom stereocenters. The fraction of sp³-hybridized carbons (Fsp3) is 0.190. The largest absolute Gasteiger partial charge is 0.454 e. The number of esters is 1. The van der Waals surface area contributed by atoms with E-state index in [4.69, 9.17) is 4.74 Å². The number of hydrogen-bond donors (Lipinski definition) is 0. The van der Waals surface area contributed by atoms with Gasteiger partial charge in [-0.05, 0) is 60.1 Å². The molecule has 3 rings (SSSR count). The van der Waals surface area contributed by atoms with E-state index in [0.717, 1.165) is 12.1 Å². The molecule has 2 heterocycles. The topological polar surface area (TPSA) is 61.2 Å². The van der Waals surface area contributed by atoms with Crippen LogP contribution in [0.1, 0.15) is 37.7 Å². The zero-order valence-corrected chi connectivity index (χ0v) is 17.5. The Balaban J connectivity index is 1.82. The number of pyridine rings is 1. The Morgan fingerprint density at radius 3 is 2.53 bits per heavy atom. The number of aryl methyl sites for hydroxylation is 1. The van der Waals surface area contributed by atoms with E-state index >= 15 is 0 Å². The van der Waals surface area contributed by atoms with E-state index in [-0.39, 0.29) is 16.8 Å². The molecule has 0 saturated carbocycles. The van der Waals surface area contributed by atoms with Gasteiger partial charge in [0.2, 0.25) is 5.78 Å². The van der Waals surface area contributed by atoms with Gasteiger partial charge < -0.3 is 9.30 Å². The molecule has 3 aromatic rings. The second-order valence-corrected chi connectivity index (χ2v) is 7.48. The molecule has 0 spiro atoms. The van der Waals surface area contributed by atoms with Crippen LogP contribution in [0.5, 0.6) is 0 Å².